The van der Waals surface area contributed by atoms with E-state index < -0.39 is 4.92 Å². The fourth-order valence-corrected chi connectivity index (χ4v) is 3.41. The molecule has 170 valence electrons. The molecule has 0 aliphatic carbocycles. The molecule has 0 saturated heterocycles. The molecule has 1 N–H and O–H groups in total. The molecule has 0 fully saturated rings. The SMILES string of the molecule is COc1cc(/C=N\NC(=O)c2cccc3ccccc23)ccc1OCc1ccc([N+](=O)[O-])cc1. The molecule has 0 aliphatic rings. The predicted molar refractivity (Wildman–Crippen MR) is 129 cm³/mol. The van der Waals surface area contributed by atoms with Crippen LogP contribution in [0, 0.1) is 10.1 Å². The zero-order chi connectivity index (χ0) is 23.9. The molecule has 0 aromatic heterocycles. The molecule has 8 heteroatoms. The van der Waals surface area contributed by atoms with Crippen LogP contribution in [-0.4, -0.2) is 24.2 Å². The van der Waals surface area contributed by atoms with E-state index in [4.69, 9.17) is 9.47 Å². The molecule has 0 saturated carbocycles. The standard InChI is InChI=1S/C26H21N3O5/c1-33-25-15-19(11-14-24(25)34-17-18-9-12-21(13-10-18)29(31)32)16-27-28-26(30)23-8-4-6-20-5-2-3-7-22(20)23/h2-16H,17H2,1H3,(H,28,30)/b27-16-. The van der Waals surface area contributed by atoms with E-state index in [0.29, 0.717) is 22.6 Å². The third-order valence-electron chi connectivity index (χ3n) is 5.14. The van der Waals surface area contributed by atoms with Gasteiger partial charge in [-0.3, -0.25) is 14.9 Å². The van der Waals surface area contributed by atoms with E-state index >= 15 is 0 Å². The maximum Gasteiger partial charge on any atom is 0.271 e. The van der Waals surface area contributed by atoms with Crippen LogP contribution in [-0.2, 0) is 6.61 Å². The van der Waals surface area contributed by atoms with Crippen molar-refractivity contribution in [2.75, 3.05) is 7.11 Å². The summed E-state index contributed by atoms with van der Waals surface area (Å²) in [6.45, 7) is 0.225. The molecule has 0 radical (unpaired) electrons. The summed E-state index contributed by atoms with van der Waals surface area (Å²) in [6.07, 6.45) is 1.52. The Kier molecular flexibility index (Phi) is 6.78. The lowest BCUT2D eigenvalue weighted by molar-refractivity contribution is -0.384. The van der Waals surface area contributed by atoms with Crippen LogP contribution < -0.4 is 14.9 Å². The van der Waals surface area contributed by atoms with Crippen molar-refractivity contribution in [1.29, 1.82) is 0 Å². The normalized spacial score (nSPS) is 10.9. The van der Waals surface area contributed by atoms with Crippen LogP contribution in [0.25, 0.3) is 10.8 Å². The van der Waals surface area contributed by atoms with Gasteiger partial charge in [0.15, 0.2) is 11.5 Å². The first-order valence-corrected chi connectivity index (χ1v) is 10.4. The third kappa shape index (κ3) is 5.18. The van der Waals surface area contributed by atoms with Gasteiger partial charge in [0.2, 0.25) is 0 Å². The van der Waals surface area contributed by atoms with E-state index in [0.717, 1.165) is 16.3 Å². The van der Waals surface area contributed by atoms with E-state index in [1.54, 1.807) is 36.4 Å². The van der Waals surface area contributed by atoms with Crippen molar-refractivity contribution >= 4 is 28.6 Å². The minimum absolute atomic E-state index is 0.0255. The molecular weight excluding hydrogens is 434 g/mol. The highest BCUT2D eigenvalue weighted by Crippen LogP contribution is 2.28. The first kappa shape index (κ1) is 22.5. The Balaban J connectivity index is 1.40. The lowest BCUT2D eigenvalue weighted by atomic mass is 10.0. The number of nitro groups is 1. The van der Waals surface area contributed by atoms with Gasteiger partial charge >= 0.3 is 0 Å². The number of carbonyl (C=O) groups is 1. The van der Waals surface area contributed by atoms with E-state index in [1.165, 1.54) is 25.5 Å². The van der Waals surface area contributed by atoms with Crippen molar-refractivity contribution in [2.45, 2.75) is 6.61 Å². The first-order chi connectivity index (χ1) is 16.5. The van der Waals surface area contributed by atoms with Crippen LogP contribution in [0.3, 0.4) is 0 Å². The number of hydrogen-bond acceptors (Lipinski definition) is 6. The quantitative estimate of drug-likeness (QED) is 0.226. The van der Waals surface area contributed by atoms with Crippen molar-refractivity contribution in [3.63, 3.8) is 0 Å². The summed E-state index contributed by atoms with van der Waals surface area (Å²) in [5.74, 6) is 0.701. The lowest BCUT2D eigenvalue weighted by Crippen LogP contribution is -2.17. The maximum absolute atomic E-state index is 12.6. The number of nitrogens with one attached hydrogen (secondary N) is 1. The smallest absolute Gasteiger partial charge is 0.271 e. The molecule has 0 unspecified atom stereocenters. The molecule has 0 bridgehead atoms. The second-order valence-corrected chi connectivity index (χ2v) is 7.35. The number of rotatable bonds is 8. The Morgan fingerprint density at radius 3 is 2.53 bits per heavy atom. The van der Waals surface area contributed by atoms with E-state index in [-0.39, 0.29) is 18.2 Å². The number of non-ortho nitro benzene ring substituents is 1. The van der Waals surface area contributed by atoms with Crippen molar-refractivity contribution < 1.29 is 19.2 Å². The van der Waals surface area contributed by atoms with Gasteiger partial charge in [-0.05, 0) is 58.3 Å². The molecular formula is C26H21N3O5. The topological polar surface area (TPSA) is 103 Å². The van der Waals surface area contributed by atoms with Gasteiger partial charge in [0.1, 0.15) is 6.61 Å². The fourth-order valence-electron chi connectivity index (χ4n) is 3.41. The van der Waals surface area contributed by atoms with Gasteiger partial charge in [-0.1, -0.05) is 36.4 Å². The summed E-state index contributed by atoms with van der Waals surface area (Å²) in [5, 5.41) is 16.7. The number of amides is 1. The number of methoxy groups -OCH3 is 1. The van der Waals surface area contributed by atoms with Crippen LogP contribution in [0.2, 0.25) is 0 Å². The van der Waals surface area contributed by atoms with Crippen molar-refractivity contribution in [3.8, 4) is 11.5 Å². The highest BCUT2D eigenvalue weighted by Gasteiger charge is 2.10. The van der Waals surface area contributed by atoms with E-state index in [1.807, 2.05) is 36.4 Å². The number of hydrazone groups is 1. The fraction of sp³-hybridized carbons (Fsp3) is 0.0769. The highest BCUT2D eigenvalue weighted by molar-refractivity contribution is 6.07. The van der Waals surface area contributed by atoms with E-state index in [2.05, 4.69) is 10.5 Å². The molecule has 1 amide bonds. The Bertz CT molecular complexity index is 1360. The van der Waals surface area contributed by atoms with Crippen LogP contribution >= 0.6 is 0 Å². The molecule has 0 atom stereocenters. The Hall–Kier alpha value is -4.72. The van der Waals surface area contributed by atoms with Gasteiger partial charge in [0.05, 0.1) is 18.2 Å². The third-order valence-corrected chi connectivity index (χ3v) is 5.14. The maximum atomic E-state index is 12.6. The minimum atomic E-state index is -0.446. The van der Waals surface area contributed by atoms with Gasteiger partial charge in [-0.15, -0.1) is 0 Å². The summed E-state index contributed by atoms with van der Waals surface area (Å²) < 4.78 is 11.2. The zero-order valence-corrected chi connectivity index (χ0v) is 18.3. The average Bonchev–Trinajstić information content (AvgIpc) is 2.87. The van der Waals surface area contributed by atoms with Gasteiger partial charge in [0, 0.05) is 17.7 Å². The number of hydrogen-bond donors (Lipinski definition) is 1. The Morgan fingerprint density at radius 2 is 1.76 bits per heavy atom. The van der Waals surface area contributed by atoms with Crippen LogP contribution in [0.15, 0.2) is 90.0 Å². The number of fused-ring (bicyclic) bond motifs is 1. The van der Waals surface area contributed by atoms with Crippen LogP contribution in [0.5, 0.6) is 11.5 Å². The number of benzene rings is 4. The van der Waals surface area contributed by atoms with Gasteiger partial charge in [-0.2, -0.15) is 5.10 Å². The zero-order valence-electron chi connectivity index (χ0n) is 18.3. The lowest BCUT2D eigenvalue weighted by Gasteiger charge is -2.11. The Morgan fingerprint density at radius 1 is 1.00 bits per heavy atom. The monoisotopic (exact) mass is 455 g/mol. The molecule has 4 aromatic rings. The van der Waals surface area contributed by atoms with Crippen molar-refractivity contribution in [1.82, 2.24) is 5.43 Å². The molecule has 0 heterocycles. The molecule has 4 rings (SSSR count). The first-order valence-electron chi connectivity index (χ1n) is 10.4. The van der Waals surface area contributed by atoms with Gasteiger partial charge < -0.3 is 9.47 Å². The molecule has 0 aliphatic heterocycles. The van der Waals surface area contributed by atoms with Crippen LogP contribution in [0.1, 0.15) is 21.5 Å². The summed E-state index contributed by atoms with van der Waals surface area (Å²) in [5.41, 5.74) is 4.62. The summed E-state index contributed by atoms with van der Waals surface area (Å²) >= 11 is 0. The van der Waals surface area contributed by atoms with Gasteiger partial charge in [-0.25, -0.2) is 5.43 Å². The second-order valence-electron chi connectivity index (χ2n) is 7.35. The van der Waals surface area contributed by atoms with Crippen molar-refractivity contribution in [2.24, 2.45) is 5.10 Å². The number of ether oxygens (including phenoxy) is 2. The summed E-state index contributed by atoms with van der Waals surface area (Å²) in [4.78, 5) is 22.9. The highest BCUT2D eigenvalue weighted by atomic mass is 16.6. The van der Waals surface area contributed by atoms with Crippen LogP contribution in [0.4, 0.5) is 5.69 Å². The molecule has 4 aromatic carbocycles. The molecule has 8 nitrogen and oxygen atoms in total. The minimum Gasteiger partial charge on any atom is -0.493 e. The average molecular weight is 455 g/mol. The number of nitrogens with zero attached hydrogens (tertiary/aromatic N) is 2. The Labute approximate surface area is 195 Å². The number of nitro benzene ring substituents is 1. The summed E-state index contributed by atoms with van der Waals surface area (Å²) in [6, 6.07) is 24.6. The molecule has 34 heavy (non-hydrogen) atoms. The largest absolute Gasteiger partial charge is 0.493 e. The summed E-state index contributed by atoms with van der Waals surface area (Å²) in [7, 11) is 1.53. The second kappa shape index (κ2) is 10.3. The molecule has 0 spiro atoms. The van der Waals surface area contributed by atoms with Crippen molar-refractivity contribution in [3.05, 3.63) is 112 Å². The van der Waals surface area contributed by atoms with Gasteiger partial charge in [0.25, 0.3) is 11.6 Å². The van der Waals surface area contributed by atoms with E-state index in [9.17, 15) is 14.9 Å². The predicted octanol–water partition coefficient (Wildman–Crippen LogP) is 5.10. The number of carbonyl (C=O) groups excluding carboxylic acids is 1.